The first-order valence-electron chi connectivity index (χ1n) is 17.9. The molecule has 0 aromatic heterocycles. The van der Waals surface area contributed by atoms with Crippen molar-refractivity contribution >= 4 is 23.7 Å². The SMILES string of the molecule is CCC(C)(C)OCCC(C)(C)OC(=O)CCCC(=O)C(C)(CC)OCCC(C)(C)OC(=O)CCCC(=O)OC(C)(C)CCOC(C)(C)C. The lowest BCUT2D eigenvalue weighted by atomic mass is 9.93. The summed E-state index contributed by atoms with van der Waals surface area (Å²) in [6.07, 6.45) is 4.10. The van der Waals surface area contributed by atoms with E-state index in [0.29, 0.717) is 51.7 Å². The maximum atomic E-state index is 13.1. The smallest absolute Gasteiger partial charge is 0.306 e. The van der Waals surface area contributed by atoms with Crippen molar-refractivity contribution in [2.24, 2.45) is 0 Å². The topological polar surface area (TPSA) is 124 Å². The molecule has 0 radical (unpaired) electrons. The van der Waals surface area contributed by atoms with Gasteiger partial charge in [-0.1, -0.05) is 13.8 Å². The quantitative estimate of drug-likeness (QED) is 0.0685. The standard InChI is InChI=1S/C38H70O10/c1-15-34(6,7)44-27-24-36(10,11)46-30(40)20-17-19-29(39)38(14,16-2)45-28-25-37(12,13)48-32(42)22-18-21-31(41)47-35(8,9)23-26-43-33(3,4)5/h15-28H2,1-14H3. The van der Waals surface area contributed by atoms with Crippen molar-refractivity contribution in [3.63, 3.8) is 0 Å². The second-order valence-corrected chi connectivity index (χ2v) is 16.4. The van der Waals surface area contributed by atoms with E-state index in [2.05, 4.69) is 6.92 Å². The van der Waals surface area contributed by atoms with Gasteiger partial charge in [-0.25, -0.2) is 0 Å². The Morgan fingerprint density at radius 2 is 0.792 bits per heavy atom. The molecule has 1 unspecified atom stereocenters. The summed E-state index contributed by atoms with van der Waals surface area (Å²) in [4.78, 5) is 50.4. The van der Waals surface area contributed by atoms with Gasteiger partial charge in [0, 0.05) is 44.9 Å². The molecule has 0 heterocycles. The first-order chi connectivity index (χ1) is 21.8. The van der Waals surface area contributed by atoms with Crippen LogP contribution in [-0.2, 0) is 47.6 Å². The molecular weight excluding hydrogens is 616 g/mol. The van der Waals surface area contributed by atoms with Gasteiger partial charge in [0.2, 0.25) is 0 Å². The maximum Gasteiger partial charge on any atom is 0.306 e. The summed E-state index contributed by atoms with van der Waals surface area (Å²) in [5.74, 6) is -1.20. The summed E-state index contributed by atoms with van der Waals surface area (Å²) >= 11 is 0. The normalized spacial score (nSPS) is 14.3. The highest BCUT2D eigenvalue weighted by atomic mass is 16.6. The van der Waals surface area contributed by atoms with Crippen LogP contribution in [0.15, 0.2) is 0 Å². The lowest BCUT2D eigenvalue weighted by Crippen LogP contribution is -2.40. The Morgan fingerprint density at radius 3 is 1.15 bits per heavy atom. The first kappa shape index (κ1) is 46.0. The van der Waals surface area contributed by atoms with Crippen molar-refractivity contribution < 1.29 is 47.6 Å². The highest BCUT2D eigenvalue weighted by molar-refractivity contribution is 5.87. The van der Waals surface area contributed by atoms with Gasteiger partial charge in [-0.2, -0.15) is 0 Å². The molecule has 0 saturated heterocycles. The molecule has 0 aliphatic heterocycles. The third-order valence-electron chi connectivity index (χ3n) is 8.39. The number of esters is 3. The molecule has 10 nitrogen and oxygen atoms in total. The number of hydrogen-bond donors (Lipinski definition) is 0. The molecular formula is C38H70O10. The highest BCUT2D eigenvalue weighted by Gasteiger charge is 2.33. The number of Topliss-reactive ketones (excluding diaryl/α,β-unsaturated/α-hetero) is 1. The van der Waals surface area contributed by atoms with E-state index >= 15 is 0 Å². The van der Waals surface area contributed by atoms with Crippen LogP contribution in [0, 0.1) is 0 Å². The molecule has 1 atom stereocenters. The summed E-state index contributed by atoms with van der Waals surface area (Å²) in [6.45, 7) is 27.9. The molecule has 0 aromatic carbocycles. The van der Waals surface area contributed by atoms with Gasteiger partial charge in [0.05, 0.1) is 31.0 Å². The Labute approximate surface area is 292 Å². The lowest BCUT2D eigenvalue weighted by Gasteiger charge is -2.31. The largest absolute Gasteiger partial charge is 0.460 e. The van der Waals surface area contributed by atoms with Gasteiger partial charge in [-0.05, 0) is 109 Å². The number of rotatable bonds is 25. The minimum absolute atomic E-state index is 0.0844. The Bertz CT molecular complexity index is 1010. The Kier molecular flexibility index (Phi) is 19.1. The average Bonchev–Trinajstić information content (AvgIpc) is 2.90. The van der Waals surface area contributed by atoms with E-state index in [1.165, 1.54) is 0 Å². The zero-order valence-corrected chi connectivity index (χ0v) is 33.0. The van der Waals surface area contributed by atoms with Crippen molar-refractivity contribution in [1.29, 1.82) is 0 Å². The van der Waals surface area contributed by atoms with Gasteiger partial charge in [-0.15, -0.1) is 0 Å². The number of ketones is 1. The minimum atomic E-state index is -1.01. The Morgan fingerprint density at radius 1 is 0.438 bits per heavy atom. The summed E-state index contributed by atoms with van der Waals surface area (Å²) < 4.78 is 34.6. The summed E-state index contributed by atoms with van der Waals surface area (Å²) in [5, 5.41) is 0. The fourth-order valence-corrected chi connectivity index (χ4v) is 4.45. The third kappa shape index (κ3) is 21.8. The van der Waals surface area contributed by atoms with Crippen LogP contribution in [0.2, 0.25) is 0 Å². The van der Waals surface area contributed by atoms with Gasteiger partial charge in [0.25, 0.3) is 0 Å². The zero-order valence-electron chi connectivity index (χ0n) is 33.0. The monoisotopic (exact) mass is 686 g/mol. The highest BCUT2D eigenvalue weighted by Crippen LogP contribution is 2.25. The van der Waals surface area contributed by atoms with Crippen molar-refractivity contribution in [2.45, 2.75) is 201 Å². The summed E-state index contributed by atoms with van der Waals surface area (Å²) in [6, 6.07) is 0. The van der Waals surface area contributed by atoms with Gasteiger partial charge in [0.15, 0.2) is 5.78 Å². The molecule has 10 heteroatoms. The average molecular weight is 687 g/mol. The van der Waals surface area contributed by atoms with Crippen LogP contribution >= 0.6 is 0 Å². The van der Waals surface area contributed by atoms with Crippen LogP contribution in [0.1, 0.15) is 168 Å². The second kappa shape index (κ2) is 20.0. The number of ether oxygens (including phenoxy) is 6. The molecule has 0 fully saturated rings. The van der Waals surface area contributed by atoms with Crippen molar-refractivity contribution in [3.8, 4) is 0 Å². The van der Waals surface area contributed by atoms with E-state index in [0.717, 1.165) is 6.42 Å². The van der Waals surface area contributed by atoms with Crippen LogP contribution in [0.25, 0.3) is 0 Å². The van der Waals surface area contributed by atoms with Crippen LogP contribution in [0.4, 0.5) is 0 Å². The van der Waals surface area contributed by atoms with Crippen molar-refractivity contribution in [1.82, 2.24) is 0 Å². The predicted molar refractivity (Wildman–Crippen MR) is 188 cm³/mol. The fraction of sp³-hybridized carbons (Fsp3) is 0.895. The molecule has 0 amide bonds. The second-order valence-electron chi connectivity index (χ2n) is 16.4. The zero-order chi connectivity index (χ0) is 37.5. The van der Waals surface area contributed by atoms with E-state index in [9.17, 15) is 19.2 Å². The van der Waals surface area contributed by atoms with Crippen LogP contribution in [0.5, 0.6) is 0 Å². The van der Waals surface area contributed by atoms with E-state index in [-0.39, 0.29) is 61.2 Å². The molecule has 282 valence electrons. The van der Waals surface area contributed by atoms with E-state index in [4.69, 9.17) is 28.4 Å². The molecule has 0 spiro atoms. The minimum Gasteiger partial charge on any atom is -0.460 e. The van der Waals surface area contributed by atoms with Crippen LogP contribution in [-0.4, -0.2) is 77.1 Å². The molecule has 0 aliphatic rings. The summed E-state index contributed by atoms with van der Waals surface area (Å²) in [5.41, 5.74) is -3.63. The van der Waals surface area contributed by atoms with Gasteiger partial charge >= 0.3 is 17.9 Å². The summed E-state index contributed by atoms with van der Waals surface area (Å²) in [7, 11) is 0. The van der Waals surface area contributed by atoms with E-state index in [1.807, 2.05) is 69.2 Å². The van der Waals surface area contributed by atoms with Crippen LogP contribution in [0.3, 0.4) is 0 Å². The molecule has 0 rings (SSSR count). The van der Waals surface area contributed by atoms with Crippen molar-refractivity contribution in [2.75, 3.05) is 19.8 Å². The predicted octanol–water partition coefficient (Wildman–Crippen LogP) is 8.24. The molecule has 0 aromatic rings. The van der Waals surface area contributed by atoms with Gasteiger partial charge in [0.1, 0.15) is 22.4 Å². The number of carbonyl (C=O) groups is 4. The number of carbonyl (C=O) groups excluding carboxylic acids is 4. The first-order valence-corrected chi connectivity index (χ1v) is 17.9. The fourth-order valence-electron chi connectivity index (χ4n) is 4.45. The molecule has 0 N–H and O–H groups in total. The Hall–Kier alpha value is -2.04. The molecule has 48 heavy (non-hydrogen) atoms. The number of hydrogen-bond acceptors (Lipinski definition) is 10. The van der Waals surface area contributed by atoms with E-state index < -0.39 is 28.4 Å². The molecule has 0 bridgehead atoms. The van der Waals surface area contributed by atoms with Gasteiger partial charge in [-0.3, -0.25) is 19.2 Å². The maximum absolute atomic E-state index is 13.1. The molecule has 0 aliphatic carbocycles. The molecule has 0 saturated carbocycles. The lowest BCUT2D eigenvalue weighted by molar-refractivity contribution is -0.163. The van der Waals surface area contributed by atoms with Crippen molar-refractivity contribution in [3.05, 3.63) is 0 Å². The van der Waals surface area contributed by atoms with E-state index in [1.54, 1.807) is 20.8 Å². The van der Waals surface area contributed by atoms with Crippen LogP contribution < -0.4 is 0 Å². The Balaban J connectivity index is 4.55. The third-order valence-corrected chi connectivity index (χ3v) is 8.39. The van der Waals surface area contributed by atoms with Gasteiger partial charge < -0.3 is 28.4 Å².